The van der Waals surface area contributed by atoms with Gasteiger partial charge in [-0.1, -0.05) is 5.16 Å². The van der Waals surface area contributed by atoms with Gasteiger partial charge in [-0.2, -0.15) is 0 Å². The van der Waals surface area contributed by atoms with Crippen molar-refractivity contribution in [3.05, 3.63) is 57.1 Å². The van der Waals surface area contributed by atoms with Crippen LogP contribution in [0.5, 0.6) is 0 Å². The number of anilines is 1. The maximum Gasteiger partial charge on any atom is 0.285 e. The second-order valence-electron chi connectivity index (χ2n) is 5.17. The number of carbonyl (C=O) groups excluding carboxylic acids is 1. The van der Waals surface area contributed by atoms with Crippen molar-refractivity contribution >= 4 is 28.4 Å². The quantitative estimate of drug-likeness (QED) is 0.583. The molecule has 0 aliphatic heterocycles. The Balaban J connectivity index is 1.99. The van der Waals surface area contributed by atoms with E-state index in [9.17, 15) is 19.3 Å². The van der Waals surface area contributed by atoms with Crippen molar-refractivity contribution in [3.8, 4) is 0 Å². The zero-order valence-corrected chi connectivity index (χ0v) is 12.7. The number of carbonyl (C=O) groups is 1. The number of rotatable bonds is 3. The molecule has 8 nitrogen and oxygen atoms in total. The molecule has 24 heavy (non-hydrogen) atoms. The van der Waals surface area contributed by atoms with E-state index in [1.807, 2.05) is 0 Å². The highest BCUT2D eigenvalue weighted by atomic mass is 19.1. The van der Waals surface area contributed by atoms with Crippen LogP contribution in [0.2, 0.25) is 0 Å². The summed E-state index contributed by atoms with van der Waals surface area (Å²) in [5.74, 6) is -1.54. The zero-order chi connectivity index (χ0) is 17.4. The van der Waals surface area contributed by atoms with E-state index in [1.54, 1.807) is 13.0 Å². The van der Waals surface area contributed by atoms with Crippen LogP contribution in [0.4, 0.5) is 15.8 Å². The molecule has 1 N–H and O–H groups in total. The zero-order valence-electron chi connectivity index (χ0n) is 12.7. The third-order valence-corrected chi connectivity index (χ3v) is 3.46. The number of hydrogen-bond donors (Lipinski definition) is 1. The molecule has 0 bridgehead atoms. The van der Waals surface area contributed by atoms with Gasteiger partial charge >= 0.3 is 0 Å². The normalized spacial score (nSPS) is 10.8. The van der Waals surface area contributed by atoms with E-state index < -0.39 is 22.3 Å². The lowest BCUT2D eigenvalue weighted by atomic mass is 10.1. The third-order valence-electron chi connectivity index (χ3n) is 3.46. The maximum absolute atomic E-state index is 13.6. The monoisotopic (exact) mass is 330 g/mol. The highest BCUT2D eigenvalue weighted by Crippen LogP contribution is 2.26. The molecular formula is C15H11FN4O4. The van der Waals surface area contributed by atoms with Crippen molar-refractivity contribution in [2.24, 2.45) is 0 Å². The van der Waals surface area contributed by atoms with Gasteiger partial charge in [0.15, 0.2) is 0 Å². The number of hydrogen-bond acceptors (Lipinski definition) is 6. The molecule has 2 aromatic heterocycles. The SMILES string of the molecule is Cc1cc(F)cc(C(=O)Nc2cnc3onc(C)c3c2)c1[N+](=O)[O-]. The minimum absolute atomic E-state index is 0.0635. The molecule has 1 amide bonds. The molecule has 2 heterocycles. The number of aryl methyl sites for hydroxylation is 2. The lowest BCUT2D eigenvalue weighted by Gasteiger charge is -2.07. The molecular weight excluding hydrogens is 319 g/mol. The molecule has 0 radical (unpaired) electrons. The van der Waals surface area contributed by atoms with E-state index >= 15 is 0 Å². The highest BCUT2D eigenvalue weighted by Gasteiger charge is 2.24. The Bertz CT molecular complexity index is 983. The van der Waals surface area contributed by atoms with Crippen LogP contribution >= 0.6 is 0 Å². The van der Waals surface area contributed by atoms with Gasteiger partial charge in [-0.15, -0.1) is 0 Å². The Kier molecular flexibility index (Phi) is 3.68. The predicted molar refractivity (Wildman–Crippen MR) is 82.3 cm³/mol. The Labute approximate surface area is 134 Å². The molecule has 0 saturated heterocycles. The number of aromatic nitrogens is 2. The van der Waals surface area contributed by atoms with E-state index in [1.165, 1.54) is 13.1 Å². The number of nitro groups is 1. The number of nitrogens with zero attached hydrogens (tertiary/aromatic N) is 3. The van der Waals surface area contributed by atoms with Gasteiger partial charge in [-0.05, 0) is 32.0 Å². The Morgan fingerprint density at radius 3 is 2.79 bits per heavy atom. The van der Waals surface area contributed by atoms with Crippen molar-refractivity contribution in [2.75, 3.05) is 5.32 Å². The summed E-state index contributed by atoms with van der Waals surface area (Å²) < 4.78 is 18.5. The number of benzene rings is 1. The molecule has 0 aliphatic rings. The first-order valence-electron chi connectivity index (χ1n) is 6.84. The van der Waals surface area contributed by atoms with E-state index in [-0.39, 0.29) is 16.8 Å². The first-order valence-corrected chi connectivity index (χ1v) is 6.84. The van der Waals surface area contributed by atoms with Crippen molar-refractivity contribution in [1.29, 1.82) is 0 Å². The molecule has 122 valence electrons. The van der Waals surface area contributed by atoms with E-state index in [0.717, 1.165) is 12.1 Å². The second-order valence-corrected chi connectivity index (χ2v) is 5.17. The average molecular weight is 330 g/mol. The van der Waals surface area contributed by atoms with Crippen LogP contribution in [0.15, 0.2) is 28.9 Å². The Hall–Kier alpha value is -3.36. The minimum Gasteiger partial charge on any atom is -0.336 e. The lowest BCUT2D eigenvalue weighted by molar-refractivity contribution is -0.385. The van der Waals surface area contributed by atoms with Gasteiger partial charge in [0.2, 0.25) is 0 Å². The van der Waals surface area contributed by atoms with Gasteiger partial charge in [-0.3, -0.25) is 14.9 Å². The molecule has 0 fully saturated rings. The van der Waals surface area contributed by atoms with E-state index in [0.29, 0.717) is 16.8 Å². The molecule has 3 aromatic rings. The first kappa shape index (κ1) is 15.5. The molecule has 1 aromatic carbocycles. The van der Waals surface area contributed by atoms with Crippen LogP contribution in [0.3, 0.4) is 0 Å². The number of nitro benzene ring substituents is 1. The van der Waals surface area contributed by atoms with E-state index in [4.69, 9.17) is 4.52 Å². The van der Waals surface area contributed by atoms with Crippen LogP contribution in [0.25, 0.3) is 11.1 Å². The van der Waals surface area contributed by atoms with Crippen molar-refractivity contribution in [1.82, 2.24) is 10.1 Å². The Morgan fingerprint density at radius 2 is 2.08 bits per heavy atom. The smallest absolute Gasteiger partial charge is 0.285 e. The number of pyridine rings is 1. The van der Waals surface area contributed by atoms with Crippen LogP contribution in [0.1, 0.15) is 21.6 Å². The summed E-state index contributed by atoms with van der Waals surface area (Å²) in [7, 11) is 0. The minimum atomic E-state index is -0.806. The lowest BCUT2D eigenvalue weighted by Crippen LogP contribution is -2.15. The Morgan fingerprint density at radius 1 is 1.33 bits per heavy atom. The van der Waals surface area contributed by atoms with Gasteiger partial charge in [0.05, 0.1) is 27.9 Å². The predicted octanol–water partition coefficient (Wildman–Crippen LogP) is 3.14. The topological polar surface area (TPSA) is 111 Å². The van der Waals surface area contributed by atoms with Crippen molar-refractivity contribution in [2.45, 2.75) is 13.8 Å². The van der Waals surface area contributed by atoms with Crippen LogP contribution in [0, 0.1) is 29.8 Å². The van der Waals surface area contributed by atoms with Crippen LogP contribution in [-0.4, -0.2) is 21.0 Å². The van der Waals surface area contributed by atoms with Gasteiger partial charge in [0, 0.05) is 5.56 Å². The molecule has 0 saturated carbocycles. The van der Waals surface area contributed by atoms with Gasteiger partial charge < -0.3 is 9.84 Å². The number of fused-ring (bicyclic) bond motifs is 1. The molecule has 0 unspecified atom stereocenters. The van der Waals surface area contributed by atoms with Gasteiger partial charge in [-0.25, -0.2) is 9.37 Å². The average Bonchev–Trinajstić information content (AvgIpc) is 2.87. The van der Waals surface area contributed by atoms with Crippen LogP contribution in [-0.2, 0) is 0 Å². The molecule has 0 atom stereocenters. The number of nitrogens with one attached hydrogen (secondary N) is 1. The maximum atomic E-state index is 13.6. The third kappa shape index (κ3) is 2.67. The number of halogens is 1. The van der Waals surface area contributed by atoms with Crippen molar-refractivity contribution < 1.29 is 18.6 Å². The molecule has 0 aliphatic carbocycles. The molecule has 3 rings (SSSR count). The summed E-state index contributed by atoms with van der Waals surface area (Å²) in [6, 6.07) is 3.41. The van der Waals surface area contributed by atoms with Crippen LogP contribution < -0.4 is 5.32 Å². The van der Waals surface area contributed by atoms with Gasteiger partial charge in [0.25, 0.3) is 17.3 Å². The summed E-state index contributed by atoms with van der Waals surface area (Å²) in [5.41, 5.74) is 0.437. The fourth-order valence-electron chi connectivity index (χ4n) is 2.36. The number of amides is 1. The van der Waals surface area contributed by atoms with Gasteiger partial charge in [0.1, 0.15) is 11.4 Å². The largest absolute Gasteiger partial charge is 0.336 e. The second kappa shape index (κ2) is 5.69. The highest BCUT2D eigenvalue weighted by molar-refractivity contribution is 6.07. The van der Waals surface area contributed by atoms with Crippen molar-refractivity contribution in [3.63, 3.8) is 0 Å². The summed E-state index contributed by atoms with van der Waals surface area (Å²) in [6.45, 7) is 3.08. The summed E-state index contributed by atoms with van der Waals surface area (Å²) in [5, 5.41) is 18.0. The molecule has 9 heteroatoms. The summed E-state index contributed by atoms with van der Waals surface area (Å²) in [4.78, 5) is 26.8. The summed E-state index contributed by atoms with van der Waals surface area (Å²) in [6.07, 6.45) is 1.32. The summed E-state index contributed by atoms with van der Waals surface area (Å²) >= 11 is 0. The fraction of sp³-hybridized carbons (Fsp3) is 0.133. The first-order chi connectivity index (χ1) is 11.4. The molecule has 0 spiro atoms. The fourth-order valence-corrected chi connectivity index (χ4v) is 2.36. The standard InChI is InChI=1S/C15H11FN4O4/c1-7-3-9(16)4-12(13(7)20(22)23)14(21)18-10-5-11-8(2)19-24-15(11)17-6-10/h3-6H,1-2H3,(H,18,21). The van der Waals surface area contributed by atoms with E-state index in [2.05, 4.69) is 15.5 Å².